The molecule has 7 N–H and O–H groups in total. The minimum Gasteiger partial charge on any atom is -0.480 e. The van der Waals surface area contributed by atoms with Gasteiger partial charge in [0.2, 0.25) is 0 Å². The van der Waals surface area contributed by atoms with E-state index in [0.717, 1.165) is 0 Å². The number of carboxylic acid groups (broad SMARTS) is 1. The first-order chi connectivity index (χ1) is 10.1. The van der Waals surface area contributed by atoms with E-state index in [1.807, 2.05) is 0 Å². The summed E-state index contributed by atoms with van der Waals surface area (Å²) in [6.45, 7) is 0. The molecule has 0 saturated carbocycles. The van der Waals surface area contributed by atoms with Crippen molar-refractivity contribution in [2.24, 2.45) is 5.73 Å². The summed E-state index contributed by atoms with van der Waals surface area (Å²) in [7, 11) is 0. The van der Waals surface area contributed by atoms with Crippen molar-refractivity contribution in [3.05, 3.63) is 30.9 Å². The van der Waals surface area contributed by atoms with Crippen molar-refractivity contribution in [3.63, 3.8) is 0 Å². The van der Waals surface area contributed by atoms with Crippen molar-refractivity contribution in [2.45, 2.75) is 12.5 Å². The van der Waals surface area contributed by atoms with Gasteiger partial charge in [-0.25, -0.2) is 19.9 Å². The summed E-state index contributed by atoms with van der Waals surface area (Å²) in [6.07, 6.45) is 6.32. The quantitative estimate of drug-likeness (QED) is 0.421. The lowest BCUT2D eigenvalue weighted by molar-refractivity contribution is -0.138. The van der Waals surface area contributed by atoms with Crippen LogP contribution in [0.1, 0.15) is 5.69 Å². The van der Waals surface area contributed by atoms with Gasteiger partial charge in [0.1, 0.15) is 17.9 Å². The molecule has 21 heavy (non-hydrogen) atoms. The fourth-order valence-electron chi connectivity index (χ4n) is 1.50. The number of nitrogen functional groups attached to an aromatic ring is 1. The van der Waals surface area contributed by atoms with Crippen LogP contribution >= 0.6 is 0 Å². The first-order valence-corrected chi connectivity index (χ1v) is 5.93. The molecule has 3 rings (SSSR count). The number of carbonyl (C=O) groups is 1. The molecule has 0 aromatic carbocycles. The molecule has 0 aliphatic heterocycles. The minimum atomic E-state index is -1.01. The highest BCUT2D eigenvalue weighted by Crippen LogP contribution is 2.09. The number of aromatic nitrogens is 6. The molecule has 0 bridgehead atoms. The molecular weight excluding hydrogens is 276 g/mol. The molecule has 10 heteroatoms. The summed E-state index contributed by atoms with van der Waals surface area (Å²) in [6, 6.07) is -0.863. The summed E-state index contributed by atoms with van der Waals surface area (Å²) >= 11 is 0. The first-order valence-electron chi connectivity index (χ1n) is 5.93. The Morgan fingerprint density at radius 3 is 2.71 bits per heavy atom. The summed E-state index contributed by atoms with van der Waals surface area (Å²) in [5, 5.41) is 8.42. The van der Waals surface area contributed by atoms with E-state index in [-0.39, 0.29) is 6.42 Å². The first kappa shape index (κ1) is 14.4. The highest BCUT2D eigenvalue weighted by Gasteiger charge is 2.12. The molecule has 0 aliphatic rings. The molecular formula is C11H14N8O2. The Hall–Kier alpha value is -3.01. The normalized spacial score (nSPS) is 11.7. The predicted molar refractivity (Wildman–Crippen MR) is 74.0 cm³/mol. The van der Waals surface area contributed by atoms with Crippen molar-refractivity contribution in [2.75, 3.05) is 5.73 Å². The van der Waals surface area contributed by atoms with Gasteiger partial charge in [-0.3, -0.25) is 4.79 Å². The number of hydrogen-bond donors (Lipinski definition) is 5. The number of carboxylic acids is 1. The number of aromatic amines is 2. The maximum absolute atomic E-state index is 10.3. The third-order valence-corrected chi connectivity index (χ3v) is 2.55. The zero-order valence-corrected chi connectivity index (χ0v) is 10.9. The number of rotatable bonds is 3. The van der Waals surface area contributed by atoms with Gasteiger partial charge in [-0.15, -0.1) is 0 Å². The third-order valence-electron chi connectivity index (χ3n) is 2.55. The van der Waals surface area contributed by atoms with Crippen LogP contribution in [-0.2, 0) is 11.2 Å². The summed E-state index contributed by atoms with van der Waals surface area (Å²) < 4.78 is 0. The lowest BCUT2D eigenvalue weighted by Gasteiger charge is -2.01. The van der Waals surface area contributed by atoms with E-state index in [1.54, 1.807) is 6.20 Å². The second-order valence-corrected chi connectivity index (χ2v) is 4.07. The van der Waals surface area contributed by atoms with E-state index < -0.39 is 12.0 Å². The third kappa shape index (κ3) is 3.73. The molecule has 10 nitrogen and oxygen atoms in total. The van der Waals surface area contributed by atoms with Crippen LogP contribution in [-0.4, -0.2) is 47.0 Å². The van der Waals surface area contributed by atoms with E-state index in [9.17, 15) is 4.79 Å². The van der Waals surface area contributed by atoms with Gasteiger partial charge in [-0.05, 0) is 0 Å². The summed E-state index contributed by atoms with van der Waals surface area (Å²) in [4.78, 5) is 31.2. The monoisotopic (exact) mass is 290 g/mol. The molecule has 0 saturated heterocycles. The van der Waals surface area contributed by atoms with Gasteiger partial charge >= 0.3 is 5.97 Å². The summed E-state index contributed by atoms with van der Waals surface area (Å²) in [5.74, 6) is -0.598. The van der Waals surface area contributed by atoms with Crippen LogP contribution in [0.15, 0.2) is 25.2 Å². The second kappa shape index (κ2) is 6.43. The number of aliphatic carboxylic acids is 1. The largest absolute Gasteiger partial charge is 0.480 e. The fourth-order valence-corrected chi connectivity index (χ4v) is 1.50. The van der Waals surface area contributed by atoms with Crippen molar-refractivity contribution in [3.8, 4) is 0 Å². The van der Waals surface area contributed by atoms with E-state index >= 15 is 0 Å². The standard InChI is InChI=1S/C6H9N3O2.C5H5N5/c7-5(6(10)11)1-4-2-8-3-9-4;6-4-3-5(9-1-7-3)10-2-8-4/h2-3,5H,1,7H2,(H,8,9)(H,10,11);1-2H,(H3,6,7,8,9,10). The number of hydrogen-bond acceptors (Lipinski definition) is 7. The Kier molecular flexibility index (Phi) is 4.41. The van der Waals surface area contributed by atoms with Crippen molar-refractivity contribution >= 4 is 23.0 Å². The van der Waals surface area contributed by atoms with Crippen molar-refractivity contribution < 1.29 is 9.90 Å². The highest BCUT2D eigenvalue weighted by atomic mass is 16.4. The van der Waals surface area contributed by atoms with Crippen LogP contribution in [0, 0.1) is 0 Å². The minimum absolute atomic E-state index is 0.263. The lowest BCUT2D eigenvalue weighted by Crippen LogP contribution is -2.32. The van der Waals surface area contributed by atoms with Crippen LogP contribution < -0.4 is 11.5 Å². The number of nitrogens with one attached hydrogen (secondary N) is 2. The van der Waals surface area contributed by atoms with Gasteiger partial charge < -0.3 is 26.5 Å². The van der Waals surface area contributed by atoms with Gasteiger partial charge in [0.15, 0.2) is 11.5 Å². The number of imidazole rings is 2. The van der Waals surface area contributed by atoms with Crippen molar-refractivity contribution in [1.82, 2.24) is 29.9 Å². The molecule has 3 heterocycles. The van der Waals surface area contributed by atoms with Crippen LogP contribution in [0.3, 0.4) is 0 Å². The van der Waals surface area contributed by atoms with Gasteiger partial charge in [-0.2, -0.15) is 0 Å². The average molecular weight is 290 g/mol. The van der Waals surface area contributed by atoms with E-state index in [0.29, 0.717) is 22.7 Å². The molecule has 0 spiro atoms. The van der Waals surface area contributed by atoms with Crippen LogP contribution in [0.4, 0.5) is 5.82 Å². The smallest absolute Gasteiger partial charge is 0.320 e. The predicted octanol–water partition coefficient (Wildman–Crippen LogP) is -0.701. The highest BCUT2D eigenvalue weighted by molar-refractivity contribution is 5.80. The van der Waals surface area contributed by atoms with Gasteiger partial charge in [0.25, 0.3) is 0 Å². The molecule has 0 amide bonds. The van der Waals surface area contributed by atoms with E-state index in [2.05, 4.69) is 29.9 Å². The molecule has 0 aliphatic carbocycles. The Morgan fingerprint density at radius 2 is 2.10 bits per heavy atom. The molecule has 1 unspecified atom stereocenters. The van der Waals surface area contributed by atoms with Crippen LogP contribution in [0.2, 0.25) is 0 Å². The molecule has 3 aromatic heterocycles. The van der Waals surface area contributed by atoms with Crippen LogP contribution in [0.5, 0.6) is 0 Å². The maximum Gasteiger partial charge on any atom is 0.320 e. The van der Waals surface area contributed by atoms with E-state index in [4.69, 9.17) is 16.6 Å². The molecule has 0 radical (unpaired) electrons. The number of nitrogens with two attached hydrogens (primary N) is 2. The Morgan fingerprint density at radius 1 is 1.29 bits per heavy atom. The zero-order chi connectivity index (χ0) is 15.2. The zero-order valence-electron chi connectivity index (χ0n) is 10.9. The molecule has 3 aromatic rings. The Labute approximate surface area is 118 Å². The van der Waals surface area contributed by atoms with Crippen molar-refractivity contribution in [1.29, 1.82) is 0 Å². The average Bonchev–Trinajstić information content (AvgIpc) is 3.10. The lowest BCUT2D eigenvalue weighted by atomic mass is 10.2. The van der Waals surface area contributed by atoms with E-state index in [1.165, 1.54) is 19.0 Å². The second-order valence-electron chi connectivity index (χ2n) is 4.07. The van der Waals surface area contributed by atoms with Gasteiger partial charge in [0.05, 0.1) is 18.3 Å². The Bertz CT molecular complexity index is 708. The molecule has 110 valence electrons. The van der Waals surface area contributed by atoms with Gasteiger partial charge in [0, 0.05) is 12.6 Å². The SMILES string of the molecule is NC(Cc1c[nH]cn1)C(=O)O.Nc1ncnc2[nH]cnc12. The number of H-pyrrole nitrogens is 2. The van der Waals surface area contributed by atoms with Gasteiger partial charge in [-0.1, -0.05) is 0 Å². The molecule has 0 fully saturated rings. The number of fused-ring (bicyclic) bond motifs is 1. The Balaban J connectivity index is 0.000000154. The summed E-state index contributed by atoms with van der Waals surface area (Å²) in [5.41, 5.74) is 12.7. The van der Waals surface area contributed by atoms with Crippen LogP contribution in [0.25, 0.3) is 11.2 Å². The maximum atomic E-state index is 10.3. The molecule has 1 atom stereocenters. The topological polar surface area (TPSA) is 172 Å². The number of anilines is 1. The fraction of sp³-hybridized carbons (Fsp3) is 0.182. The number of nitrogens with zero attached hydrogens (tertiary/aromatic N) is 4.